The second-order valence-electron chi connectivity index (χ2n) is 8.88. The maximum absolute atomic E-state index is 13.9. The van der Waals surface area contributed by atoms with Crippen molar-refractivity contribution < 1.29 is 18.4 Å². The molecule has 4 aromatic rings. The molecule has 0 unspecified atom stereocenters. The van der Waals surface area contributed by atoms with Gasteiger partial charge in [0.05, 0.1) is 11.3 Å². The zero-order valence-electron chi connectivity index (χ0n) is 20.8. The number of benzene rings is 3. The largest absolute Gasteiger partial charge is 0.411 e. The van der Waals surface area contributed by atoms with E-state index in [9.17, 15) is 14.0 Å². The molecule has 3 aromatic carbocycles. The Labute approximate surface area is 223 Å². The monoisotopic (exact) mass is 531 g/mol. The average Bonchev–Trinajstić information content (AvgIpc) is 3.42. The third kappa shape index (κ3) is 6.03. The highest BCUT2D eigenvalue weighted by atomic mass is 32.2. The van der Waals surface area contributed by atoms with Crippen LogP contribution in [-0.2, 0) is 4.79 Å². The SMILES string of the molecule is Cc1ccc(C(=O)N2CCN(c3ccc(NC(=O)CSc4nnc(-c5ccccc5F)o4)cc3)CC2)cc1. The number of thioether (sulfide) groups is 1. The van der Waals surface area contributed by atoms with Gasteiger partial charge in [-0.15, -0.1) is 10.2 Å². The van der Waals surface area contributed by atoms with Gasteiger partial charge in [-0.25, -0.2) is 4.39 Å². The topological polar surface area (TPSA) is 91.6 Å². The number of hydrogen-bond acceptors (Lipinski definition) is 7. The highest BCUT2D eigenvalue weighted by Gasteiger charge is 2.22. The van der Waals surface area contributed by atoms with Crippen LogP contribution >= 0.6 is 11.8 Å². The van der Waals surface area contributed by atoms with Crippen LogP contribution in [0.4, 0.5) is 15.8 Å². The molecule has 5 rings (SSSR count). The van der Waals surface area contributed by atoms with E-state index in [2.05, 4.69) is 20.4 Å². The van der Waals surface area contributed by atoms with Crippen LogP contribution in [0.25, 0.3) is 11.5 Å². The van der Waals surface area contributed by atoms with Crippen molar-refractivity contribution in [2.45, 2.75) is 12.1 Å². The zero-order chi connectivity index (χ0) is 26.5. The summed E-state index contributed by atoms with van der Waals surface area (Å²) < 4.78 is 19.4. The molecular formula is C28H26FN5O3S. The number of carbonyl (C=O) groups excluding carboxylic acids is 2. The summed E-state index contributed by atoms with van der Waals surface area (Å²) >= 11 is 1.08. The molecule has 194 valence electrons. The molecule has 1 saturated heterocycles. The minimum absolute atomic E-state index is 0.0598. The van der Waals surface area contributed by atoms with E-state index in [-0.39, 0.29) is 34.2 Å². The third-order valence-electron chi connectivity index (χ3n) is 6.22. The van der Waals surface area contributed by atoms with Crippen LogP contribution in [-0.4, -0.2) is 58.8 Å². The summed E-state index contributed by atoms with van der Waals surface area (Å²) in [7, 11) is 0. The fourth-order valence-electron chi connectivity index (χ4n) is 4.14. The van der Waals surface area contributed by atoms with E-state index in [0.717, 1.165) is 36.1 Å². The molecule has 1 aliphatic rings. The molecule has 0 aliphatic carbocycles. The van der Waals surface area contributed by atoms with Gasteiger partial charge in [-0.05, 0) is 55.5 Å². The van der Waals surface area contributed by atoms with E-state index in [1.807, 2.05) is 60.4 Å². The summed E-state index contributed by atoms with van der Waals surface area (Å²) in [4.78, 5) is 29.3. The molecule has 10 heteroatoms. The number of nitrogens with one attached hydrogen (secondary N) is 1. The van der Waals surface area contributed by atoms with Gasteiger partial charge < -0.3 is 19.5 Å². The molecule has 8 nitrogen and oxygen atoms in total. The average molecular weight is 532 g/mol. The lowest BCUT2D eigenvalue weighted by Crippen LogP contribution is -2.48. The second-order valence-corrected chi connectivity index (χ2v) is 9.81. The Balaban J connectivity index is 1.09. The Morgan fingerprint density at radius 3 is 2.37 bits per heavy atom. The minimum Gasteiger partial charge on any atom is -0.411 e. The number of halogens is 1. The van der Waals surface area contributed by atoms with Gasteiger partial charge in [0.1, 0.15) is 5.82 Å². The number of hydrogen-bond donors (Lipinski definition) is 1. The third-order valence-corrected chi connectivity index (χ3v) is 7.04. The molecule has 0 radical (unpaired) electrons. The number of amides is 2. The van der Waals surface area contributed by atoms with E-state index < -0.39 is 5.82 Å². The van der Waals surface area contributed by atoms with Gasteiger partial charge in [-0.2, -0.15) is 0 Å². The van der Waals surface area contributed by atoms with Gasteiger partial charge in [0.25, 0.3) is 17.0 Å². The number of aromatic nitrogens is 2. The summed E-state index contributed by atoms with van der Waals surface area (Å²) in [6.07, 6.45) is 0. The summed E-state index contributed by atoms with van der Waals surface area (Å²) in [6.45, 7) is 4.77. The number of carbonyl (C=O) groups is 2. The fourth-order valence-corrected chi connectivity index (χ4v) is 4.70. The number of anilines is 2. The Kier molecular flexibility index (Phi) is 7.69. The number of aryl methyl sites for hydroxylation is 1. The van der Waals surface area contributed by atoms with Crippen LogP contribution in [0.15, 0.2) is 82.4 Å². The van der Waals surface area contributed by atoms with E-state index in [1.165, 1.54) is 6.07 Å². The lowest BCUT2D eigenvalue weighted by Gasteiger charge is -2.36. The summed E-state index contributed by atoms with van der Waals surface area (Å²) in [5, 5.41) is 10.8. The molecule has 0 spiro atoms. The molecule has 2 amide bonds. The van der Waals surface area contributed by atoms with E-state index in [1.54, 1.807) is 18.2 Å². The molecule has 1 aromatic heterocycles. The molecule has 38 heavy (non-hydrogen) atoms. The fraction of sp³-hybridized carbons (Fsp3) is 0.214. The van der Waals surface area contributed by atoms with Crippen LogP contribution in [0.5, 0.6) is 0 Å². The first-order valence-corrected chi connectivity index (χ1v) is 13.2. The Hall–Kier alpha value is -4.18. The summed E-state index contributed by atoms with van der Waals surface area (Å²) in [5.74, 6) is -0.480. The van der Waals surface area contributed by atoms with Crippen molar-refractivity contribution in [3.8, 4) is 11.5 Å². The van der Waals surface area contributed by atoms with Crippen molar-refractivity contribution in [2.75, 3.05) is 42.1 Å². The molecule has 0 saturated carbocycles. The van der Waals surface area contributed by atoms with Crippen LogP contribution in [0.1, 0.15) is 15.9 Å². The van der Waals surface area contributed by atoms with Gasteiger partial charge in [0, 0.05) is 43.1 Å². The van der Waals surface area contributed by atoms with Gasteiger partial charge in [-0.3, -0.25) is 9.59 Å². The molecule has 0 bridgehead atoms. The molecule has 0 atom stereocenters. The maximum atomic E-state index is 13.9. The lowest BCUT2D eigenvalue weighted by molar-refractivity contribution is -0.113. The molecule has 1 aliphatic heterocycles. The zero-order valence-corrected chi connectivity index (χ0v) is 21.6. The first-order valence-electron chi connectivity index (χ1n) is 12.2. The van der Waals surface area contributed by atoms with Crippen molar-refractivity contribution in [3.05, 3.63) is 89.7 Å². The van der Waals surface area contributed by atoms with Crippen molar-refractivity contribution in [1.82, 2.24) is 15.1 Å². The predicted molar refractivity (Wildman–Crippen MR) is 145 cm³/mol. The van der Waals surface area contributed by atoms with Crippen molar-refractivity contribution in [1.29, 1.82) is 0 Å². The highest BCUT2D eigenvalue weighted by Crippen LogP contribution is 2.25. The number of nitrogens with zero attached hydrogens (tertiary/aromatic N) is 4. The minimum atomic E-state index is -0.452. The maximum Gasteiger partial charge on any atom is 0.277 e. The van der Waals surface area contributed by atoms with Crippen molar-refractivity contribution >= 4 is 35.0 Å². The first kappa shape index (κ1) is 25.5. The Morgan fingerprint density at radius 1 is 0.947 bits per heavy atom. The summed E-state index contributed by atoms with van der Waals surface area (Å²) in [5.41, 5.74) is 3.77. The van der Waals surface area contributed by atoms with Gasteiger partial charge in [-0.1, -0.05) is 41.6 Å². The van der Waals surface area contributed by atoms with E-state index in [0.29, 0.717) is 24.3 Å². The van der Waals surface area contributed by atoms with Crippen molar-refractivity contribution in [3.63, 3.8) is 0 Å². The Morgan fingerprint density at radius 2 is 1.66 bits per heavy atom. The molecular weight excluding hydrogens is 505 g/mol. The van der Waals surface area contributed by atoms with Crippen LogP contribution < -0.4 is 10.2 Å². The Bertz CT molecular complexity index is 1420. The normalized spacial score (nSPS) is 13.4. The number of piperazine rings is 1. The second kappa shape index (κ2) is 11.5. The van der Waals surface area contributed by atoms with Crippen LogP contribution in [0, 0.1) is 12.7 Å². The van der Waals surface area contributed by atoms with E-state index in [4.69, 9.17) is 4.42 Å². The first-order chi connectivity index (χ1) is 18.5. The molecule has 2 heterocycles. The lowest BCUT2D eigenvalue weighted by atomic mass is 10.1. The molecule has 1 fully saturated rings. The summed E-state index contributed by atoms with van der Waals surface area (Å²) in [6, 6.07) is 21.4. The van der Waals surface area contributed by atoms with E-state index >= 15 is 0 Å². The van der Waals surface area contributed by atoms with Gasteiger partial charge in [0.2, 0.25) is 5.91 Å². The highest BCUT2D eigenvalue weighted by molar-refractivity contribution is 7.99. The van der Waals surface area contributed by atoms with Gasteiger partial charge >= 0.3 is 0 Å². The number of rotatable bonds is 7. The van der Waals surface area contributed by atoms with Gasteiger partial charge in [0.15, 0.2) is 0 Å². The smallest absolute Gasteiger partial charge is 0.277 e. The predicted octanol–water partition coefficient (Wildman–Crippen LogP) is 4.88. The van der Waals surface area contributed by atoms with Crippen LogP contribution in [0.2, 0.25) is 0 Å². The van der Waals surface area contributed by atoms with Crippen molar-refractivity contribution in [2.24, 2.45) is 0 Å². The quantitative estimate of drug-likeness (QED) is 0.340. The van der Waals surface area contributed by atoms with Crippen LogP contribution in [0.3, 0.4) is 0 Å². The molecule has 1 N–H and O–H groups in total. The standard InChI is InChI=1S/C28H26FN5O3S/c1-19-6-8-20(9-7-19)27(36)34-16-14-33(15-17-34)22-12-10-21(11-13-22)30-25(35)18-38-28-32-31-26(37-28)23-4-2-3-5-24(23)29/h2-13H,14-18H2,1H3,(H,30,35).